The summed E-state index contributed by atoms with van der Waals surface area (Å²) in [4.78, 5) is 16.1. The number of hydrogen-bond donors (Lipinski definition) is 0. The van der Waals surface area contributed by atoms with Crippen LogP contribution >= 0.6 is 0 Å². The molecule has 3 aromatic rings. The largest absolute Gasteiger partial charge is 0.279 e. The molecule has 0 atom stereocenters. The van der Waals surface area contributed by atoms with Crippen molar-refractivity contribution in [3.8, 4) is 11.3 Å². The van der Waals surface area contributed by atoms with Crippen LogP contribution in [0.4, 0.5) is 0 Å². The number of carbonyl (C=O) groups excluding carboxylic acids is 1. The zero-order valence-corrected chi connectivity index (χ0v) is 10.1. The van der Waals surface area contributed by atoms with Gasteiger partial charge in [0.05, 0.1) is 11.3 Å². The zero-order valence-electron chi connectivity index (χ0n) is 10.1. The summed E-state index contributed by atoms with van der Waals surface area (Å²) in [6.45, 7) is 0. The Kier molecular flexibility index (Phi) is 2.90. The second-order valence-corrected chi connectivity index (χ2v) is 4.06. The van der Waals surface area contributed by atoms with Gasteiger partial charge in [-0.05, 0) is 18.2 Å². The lowest BCUT2D eigenvalue weighted by atomic mass is 10.2. The van der Waals surface area contributed by atoms with Crippen LogP contribution in [-0.2, 0) is 0 Å². The highest BCUT2D eigenvalue weighted by molar-refractivity contribution is 5.95. The van der Waals surface area contributed by atoms with Crippen LogP contribution in [0.3, 0.4) is 0 Å². The summed E-state index contributed by atoms with van der Waals surface area (Å²) in [5, 5.41) is 4.30. The van der Waals surface area contributed by atoms with Crippen molar-refractivity contribution in [1.82, 2.24) is 14.8 Å². The molecule has 2 heterocycles. The molecule has 0 amide bonds. The smallest absolute Gasteiger partial charge is 0.267 e. The molecule has 4 heteroatoms. The lowest BCUT2D eigenvalue weighted by Gasteiger charge is -1.99. The minimum Gasteiger partial charge on any atom is -0.267 e. The highest BCUT2D eigenvalue weighted by Gasteiger charge is 2.10. The van der Waals surface area contributed by atoms with Gasteiger partial charge in [0.25, 0.3) is 5.91 Å². The van der Waals surface area contributed by atoms with Crippen molar-refractivity contribution < 1.29 is 4.79 Å². The maximum absolute atomic E-state index is 12.2. The molecule has 0 unspecified atom stereocenters. The van der Waals surface area contributed by atoms with Crippen molar-refractivity contribution in [2.75, 3.05) is 0 Å². The van der Waals surface area contributed by atoms with Crippen LogP contribution in [0.15, 0.2) is 67.1 Å². The van der Waals surface area contributed by atoms with E-state index in [2.05, 4.69) is 10.1 Å². The van der Waals surface area contributed by atoms with E-state index in [1.807, 2.05) is 36.4 Å². The number of rotatable bonds is 2. The van der Waals surface area contributed by atoms with E-state index >= 15 is 0 Å². The fourth-order valence-electron chi connectivity index (χ4n) is 1.82. The Labute approximate surface area is 110 Å². The highest BCUT2D eigenvalue weighted by Crippen LogP contribution is 2.16. The first kappa shape index (κ1) is 11.3. The fraction of sp³-hybridized carbons (Fsp3) is 0. The molecular formula is C15H11N3O. The minimum atomic E-state index is -0.185. The quantitative estimate of drug-likeness (QED) is 0.701. The Bertz CT molecular complexity index is 690. The molecule has 0 N–H and O–H groups in total. The van der Waals surface area contributed by atoms with Crippen LogP contribution in [0.1, 0.15) is 10.4 Å². The maximum atomic E-state index is 12.2. The van der Waals surface area contributed by atoms with Gasteiger partial charge in [0.1, 0.15) is 0 Å². The van der Waals surface area contributed by atoms with Crippen LogP contribution in [0.25, 0.3) is 11.3 Å². The molecule has 4 nitrogen and oxygen atoms in total. The maximum Gasteiger partial charge on any atom is 0.279 e. The Morgan fingerprint density at radius 3 is 2.58 bits per heavy atom. The van der Waals surface area contributed by atoms with Crippen LogP contribution in [0.2, 0.25) is 0 Å². The summed E-state index contributed by atoms with van der Waals surface area (Å²) in [5.41, 5.74) is 2.28. The lowest BCUT2D eigenvalue weighted by molar-refractivity contribution is 0.0945. The highest BCUT2D eigenvalue weighted by atomic mass is 16.2. The first-order valence-electron chi connectivity index (χ1n) is 5.90. The molecule has 3 rings (SSSR count). The predicted octanol–water partition coefficient (Wildman–Crippen LogP) is 2.63. The Morgan fingerprint density at radius 1 is 1.00 bits per heavy atom. The summed E-state index contributed by atoms with van der Waals surface area (Å²) in [6, 6.07) is 15.0. The van der Waals surface area contributed by atoms with Crippen LogP contribution in [-0.4, -0.2) is 20.7 Å². The van der Waals surface area contributed by atoms with Crippen molar-refractivity contribution in [1.29, 1.82) is 0 Å². The topological polar surface area (TPSA) is 47.8 Å². The van der Waals surface area contributed by atoms with E-state index in [0.29, 0.717) is 5.56 Å². The van der Waals surface area contributed by atoms with Gasteiger partial charge in [-0.25, -0.2) is 4.68 Å². The molecule has 0 saturated heterocycles. The molecule has 0 aliphatic carbocycles. The average Bonchev–Trinajstić information content (AvgIpc) is 2.98. The average molecular weight is 249 g/mol. The molecule has 0 radical (unpaired) electrons. The van der Waals surface area contributed by atoms with E-state index in [1.165, 1.54) is 10.9 Å². The van der Waals surface area contributed by atoms with Crippen molar-refractivity contribution in [2.24, 2.45) is 0 Å². The Morgan fingerprint density at radius 2 is 1.84 bits per heavy atom. The number of benzene rings is 1. The van der Waals surface area contributed by atoms with Crippen LogP contribution in [0.5, 0.6) is 0 Å². The monoisotopic (exact) mass is 249 g/mol. The molecular weight excluding hydrogens is 238 g/mol. The number of carbonyl (C=O) groups is 1. The normalized spacial score (nSPS) is 10.3. The summed E-state index contributed by atoms with van der Waals surface area (Å²) < 4.78 is 1.33. The van der Waals surface area contributed by atoms with Gasteiger partial charge in [0.15, 0.2) is 0 Å². The van der Waals surface area contributed by atoms with Crippen molar-refractivity contribution in [3.63, 3.8) is 0 Å². The van der Waals surface area contributed by atoms with E-state index < -0.39 is 0 Å². The minimum absolute atomic E-state index is 0.185. The van der Waals surface area contributed by atoms with Gasteiger partial charge in [-0.1, -0.05) is 30.3 Å². The molecule has 0 spiro atoms. The SMILES string of the molecule is O=C(c1cccnc1)n1ccc(-c2ccccc2)n1. The molecule has 2 aromatic heterocycles. The first-order valence-corrected chi connectivity index (χ1v) is 5.90. The van der Waals surface area contributed by atoms with Crippen LogP contribution in [0, 0.1) is 0 Å². The third-order valence-corrected chi connectivity index (χ3v) is 2.78. The standard InChI is InChI=1S/C15H11N3O/c19-15(13-7-4-9-16-11-13)18-10-8-14(17-18)12-5-2-1-3-6-12/h1-11H. The molecule has 0 aliphatic heterocycles. The van der Waals surface area contributed by atoms with Crippen molar-refractivity contribution in [3.05, 3.63) is 72.7 Å². The predicted molar refractivity (Wildman–Crippen MR) is 71.6 cm³/mol. The summed E-state index contributed by atoms with van der Waals surface area (Å²) in [7, 11) is 0. The summed E-state index contributed by atoms with van der Waals surface area (Å²) >= 11 is 0. The van der Waals surface area contributed by atoms with E-state index in [9.17, 15) is 4.79 Å². The van der Waals surface area contributed by atoms with Gasteiger partial charge < -0.3 is 0 Å². The molecule has 0 bridgehead atoms. The Balaban J connectivity index is 1.92. The summed E-state index contributed by atoms with van der Waals surface area (Å²) in [5.74, 6) is -0.185. The molecule has 92 valence electrons. The number of pyridine rings is 1. The van der Waals surface area contributed by atoms with Gasteiger partial charge in [0, 0.05) is 24.2 Å². The molecule has 19 heavy (non-hydrogen) atoms. The van der Waals surface area contributed by atoms with Crippen LogP contribution < -0.4 is 0 Å². The van der Waals surface area contributed by atoms with E-state index in [4.69, 9.17) is 0 Å². The fourth-order valence-corrected chi connectivity index (χ4v) is 1.82. The number of aromatic nitrogens is 3. The Hall–Kier alpha value is -2.75. The molecule has 0 aliphatic rings. The molecule has 0 fully saturated rings. The second-order valence-electron chi connectivity index (χ2n) is 4.06. The van der Waals surface area contributed by atoms with Crippen molar-refractivity contribution in [2.45, 2.75) is 0 Å². The summed E-state index contributed by atoms with van der Waals surface area (Å²) in [6.07, 6.45) is 4.83. The lowest BCUT2D eigenvalue weighted by Crippen LogP contribution is -2.12. The van der Waals surface area contributed by atoms with Gasteiger partial charge >= 0.3 is 0 Å². The van der Waals surface area contributed by atoms with E-state index in [-0.39, 0.29) is 5.91 Å². The van der Waals surface area contributed by atoms with Gasteiger partial charge in [-0.3, -0.25) is 9.78 Å². The third-order valence-electron chi connectivity index (χ3n) is 2.78. The third kappa shape index (κ3) is 2.28. The van der Waals surface area contributed by atoms with Gasteiger partial charge in [0.2, 0.25) is 0 Å². The van der Waals surface area contributed by atoms with E-state index in [0.717, 1.165) is 11.3 Å². The zero-order chi connectivity index (χ0) is 13.1. The van der Waals surface area contributed by atoms with Crippen molar-refractivity contribution >= 4 is 5.91 Å². The molecule has 0 saturated carbocycles. The van der Waals surface area contributed by atoms with Gasteiger partial charge in [-0.2, -0.15) is 5.10 Å². The number of hydrogen-bond acceptors (Lipinski definition) is 3. The van der Waals surface area contributed by atoms with Gasteiger partial charge in [-0.15, -0.1) is 0 Å². The molecule has 1 aromatic carbocycles. The van der Waals surface area contributed by atoms with E-state index in [1.54, 1.807) is 24.5 Å². The second kappa shape index (κ2) is 4.86. The number of nitrogens with zero attached hydrogens (tertiary/aromatic N) is 3. The first-order chi connectivity index (χ1) is 9.34.